The summed E-state index contributed by atoms with van der Waals surface area (Å²) in [6, 6.07) is 12.7. The number of hydrogen-bond donors (Lipinski definition) is 0. The van der Waals surface area contributed by atoms with Crippen LogP contribution >= 0.6 is 38.9 Å². The molecule has 3 heterocycles. The summed E-state index contributed by atoms with van der Waals surface area (Å²) in [5.74, 6) is 0.262. The fraction of sp³-hybridized carbons (Fsp3) is 0.100. The number of carbonyl (C=O) groups excluding carboxylic acids is 1. The molecule has 29 heavy (non-hydrogen) atoms. The minimum atomic E-state index is -0.343. The van der Waals surface area contributed by atoms with Gasteiger partial charge in [-0.3, -0.25) is 9.59 Å². The molecule has 0 spiro atoms. The van der Waals surface area contributed by atoms with Gasteiger partial charge in [-0.05, 0) is 49.4 Å². The van der Waals surface area contributed by atoms with E-state index in [9.17, 15) is 9.59 Å². The summed E-state index contributed by atoms with van der Waals surface area (Å²) >= 11 is 10.6. The van der Waals surface area contributed by atoms with Gasteiger partial charge in [-0.25, -0.2) is 0 Å². The van der Waals surface area contributed by atoms with Gasteiger partial charge in [0.2, 0.25) is 4.96 Å². The molecular weight excluding hydrogens is 476 g/mol. The summed E-state index contributed by atoms with van der Waals surface area (Å²) in [7, 11) is 0. The minimum Gasteiger partial charge on any atom is -0.308 e. The molecule has 0 N–H and O–H groups in total. The summed E-state index contributed by atoms with van der Waals surface area (Å²) in [5, 5.41) is 4.97. The maximum absolute atomic E-state index is 13.1. The molecule has 0 saturated heterocycles. The molecule has 1 aliphatic heterocycles. The molecule has 1 amide bonds. The molecule has 2 aromatic heterocycles. The van der Waals surface area contributed by atoms with Crippen molar-refractivity contribution < 1.29 is 4.79 Å². The second kappa shape index (κ2) is 6.76. The van der Waals surface area contributed by atoms with Crippen molar-refractivity contribution in [3.63, 3.8) is 0 Å². The van der Waals surface area contributed by atoms with Gasteiger partial charge in [0.1, 0.15) is 4.53 Å². The number of halogens is 2. The second-order valence-corrected chi connectivity index (χ2v) is 8.79. The zero-order chi connectivity index (χ0) is 20.3. The number of rotatable bonds is 2. The average molecular weight is 488 g/mol. The van der Waals surface area contributed by atoms with E-state index in [0.717, 1.165) is 21.3 Å². The lowest BCUT2D eigenvalue weighted by molar-refractivity contribution is -0.113. The molecule has 6 nitrogen and oxygen atoms in total. The Bertz CT molecular complexity index is 1410. The van der Waals surface area contributed by atoms with Crippen molar-refractivity contribution in [3.8, 4) is 11.4 Å². The molecule has 0 unspecified atom stereocenters. The predicted molar refractivity (Wildman–Crippen MR) is 117 cm³/mol. The number of anilines is 1. The summed E-state index contributed by atoms with van der Waals surface area (Å²) in [5.41, 5.74) is 2.37. The third-order valence-corrected chi connectivity index (χ3v) is 6.56. The highest BCUT2D eigenvalue weighted by atomic mass is 79.9. The van der Waals surface area contributed by atoms with Crippen molar-refractivity contribution in [2.24, 2.45) is 0 Å². The van der Waals surface area contributed by atoms with Crippen LogP contribution in [0.15, 0.2) is 51.7 Å². The lowest BCUT2D eigenvalue weighted by Gasteiger charge is -2.13. The van der Waals surface area contributed by atoms with Gasteiger partial charge in [-0.15, -0.1) is 5.10 Å². The Morgan fingerprint density at radius 2 is 1.90 bits per heavy atom. The third kappa shape index (κ3) is 2.82. The Hall–Kier alpha value is -2.55. The molecule has 144 valence electrons. The van der Waals surface area contributed by atoms with Crippen LogP contribution in [0.1, 0.15) is 12.5 Å². The lowest BCUT2D eigenvalue weighted by Crippen LogP contribution is -2.32. The Morgan fingerprint density at radius 1 is 1.14 bits per heavy atom. The number of fused-ring (bicyclic) bond motifs is 2. The minimum absolute atomic E-state index is 0.180. The summed E-state index contributed by atoms with van der Waals surface area (Å²) in [6.45, 7) is 2.43. The van der Waals surface area contributed by atoms with Gasteiger partial charge in [0.25, 0.3) is 11.5 Å². The number of thiazole rings is 1. The Labute approximate surface area is 182 Å². The van der Waals surface area contributed by atoms with E-state index in [-0.39, 0.29) is 11.5 Å². The van der Waals surface area contributed by atoms with Crippen LogP contribution in [-0.4, -0.2) is 27.0 Å². The number of amides is 1. The number of likely N-dealkylation sites (N-methyl/N-ethyl adjacent to an activating group) is 1. The second-order valence-electron chi connectivity index (χ2n) is 6.46. The zero-order valence-electron chi connectivity index (χ0n) is 15.0. The maximum atomic E-state index is 13.1. The third-order valence-electron chi connectivity index (χ3n) is 4.78. The van der Waals surface area contributed by atoms with Crippen LogP contribution in [0.2, 0.25) is 5.02 Å². The Balaban J connectivity index is 1.74. The smallest absolute Gasteiger partial charge is 0.291 e. The van der Waals surface area contributed by atoms with E-state index in [4.69, 9.17) is 11.6 Å². The number of carbonyl (C=O) groups is 1. The summed E-state index contributed by atoms with van der Waals surface area (Å²) < 4.78 is 2.45. The first-order valence-electron chi connectivity index (χ1n) is 8.79. The first-order chi connectivity index (χ1) is 14.0. The monoisotopic (exact) mass is 486 g/mol. The Morgan fingerprint density at radius 3 is 2.59 bits per heavy atom. The van der Waals surface area contributed by atoms with Crippen LogP contribution in [0.5, 0.6) is 0 Å². The molecule has 0 radical (unpaired) electrons. The van der Waals surface area contributed by atoms with Gasteiger partial charge < -0.3 is 4.90 Å². The normalized spacial score (nSPS) is 15.4. The number of aromatic nitrogens is 3. The zero-order valence-corrected chi connectivity index (χ0v) is 18.2. The van der Waals surface area contributed by atoms with Crippen molar-refractivity contribution in [3.05, 3.63) is 72.4 Å². The Kier molecular flexibility index (Phi) is 4.31. The lowest BCUT2D eigenvalue weighted by atomic mass is 10.1. The van der Waals surface area contributed by atoms with E-state index < -0.39 is 0 Å². The largest absolute Gasteiger partial charge is 0.308 e. The van der Waals surface area contributed by atoms with Crippen LogP contribution in [0.4, 0.5) is 5.69 Å². The molecular formula is C20H12BrClN4O2S. The maximum Gasteiger partial charge on any atom is 0.291 e. The molecule has 0 aliphatic carbocycles. The highest BCUT2D eigenvalue weighted by molar-refractivity contribution is 9.10. The van der Waals surface area contributed by atoms with Crippen molar-refractivity contribution >= 4 is 61.0 Å². The van der Waals surface area contributed by atoms with E-state index in [1.165, 1.54) is 15.9 Å². The first-order valence-corrected chi connectivity index (χ1v) is 10.8. The van der Waals surface area contributed by atoms with Crippen molar-refractivity contribution in [2.45, 2.75) is 6.92 Å². The average Bonchev–Trinajstić information content (AvgIpc) is 3.33. The first kappa shape index (κ1) is 18.5. The molecule has 0 fully saturated rings. The number of nitrogens with zero attached hydrogens (tertiary/aromatic N) is 4. The van der Waals surface area contributed by atoms with Crippen molar-refractivity contribution in [1.82, 2.24) is 14.6 Å². The van der Waals surface area contributed by atoms with Crippen LogP contribution in [0.3, 0.4) is 0 Å². The van der Waals surface area contributed by atoms with Crippen molar-refractivity contribution in [1.29, 1.82) is 0 Å². The summed E-state index contributed by atoms with van der Waals surface area (Å²) in [6.07, 6.45) is 0. The van der Waals surface area contributed by atoms with Gasteiger partial charge in [0, 0.05) is 27.2 Å². The molecule has 4 aromatic rings. The van der Waals surface area contributed by atoms with Crippen LogP contribution in [0, 0.1) is 0 Å². The highest BCUT2D eigenvalue weighted by Crippen LogP contribution is 2.37. The van der Waals surface area contributed by atoms with Gasteiger partial charge in [-0.1, -0.05) is 38.9 Å². The molecule has 2 aromatic carbocycles. The van der Waals surface area contributed by atoms with Gasteiger partial charge >= 0.3 is 0 Å². The fourth-order valence-electron chi connectivity index (χ4n) is 3.44. The van der Waals surface area contributed by atoms with Crippen LogP contribution < -0.4 is 15.0 Å². The number of hydrogen-bond acceptors (Lipinski definition) is 5. The topological polar surface area (TPSA) is 67.6 Å². The SMILES string of the molecule is CCN1C(=O)/C(=c2\sc3nc(-c4ccc(Cl)cc4)nn3c2=O)c2cc(Br)ccc21. The van der Waals surface area contributed by atoms with Crippen LogP contribution in [0.25, 0.3) is 21.9 Å². The predicted octanol–water partition coefficient (Wildman–Crippen LogP) is 3.52. The van der Waals surface area contributed by atoms with E-state index in [0.29, 0.717) is 32.5 Å². The molecule has 1 aliphatic rings. The molecule has 9 heteroatoms. The van der Waals surface area contributed by atoms with E-state index in [1.54, 1.807) is 29.2 Å². The fourth-order valence-corrected chi connectivity index (χ4v) is 4.93. The molecule has 0 saturated carbocycles. The van der Waals surface area contributed by atoms with E-state index in [2.05, 4.69) is 26.0 Å². The van der Waals surface area contributed by atoms with E-state index >= 15 is 0 Å². The van der Waals surface area contributed by atoms with Crippen molar-refractivity contribution in [2.75, 3.05) is 11.4 Å². The van der Waals surface area contributed by atoms with Gasteiger partial charge in [0.05, 0.1) is 11.3 Å². The standard InChI is InChI=1S/C20H12BrClN4O2S/c1-2-25-14-8-5-11(21)9-13(14)15(18(25)27)16-19(28)26-20(29-16)23-17(24-26)10-3-6-12(22)7-4-10/h3-9H,2H2,1H3/b16-15-. The van der Waals surface area contributed by atoms with Crippen LogP contribution in [-0.2, 0) is 4.79 Å². The van der Waals surface area contributed by atoms with Gasteiger partial charge in [0.15, 0.2) is 5.82 Å². The van der Waals surface area contributed by atoms with E-state index in [1.807, 2.05) is 25.1 Å². The van der Waals surface area contributed by atoms with Gasteiger partial charge in [-0.2, -0.15) is 9.50 Å². The molecule has 0 bridgehead atoms. The summed E-state index contributed by atoms with van der Waals surface area (Å²) in [4.78, 5) is 32.8. The quantitative estimate of drug-likeness (QED) is 0.434. The molecule has 0 atom stereocenters. The number of benzene rings is 2. The highest BCUT2D eigenvalue weighted by Gasteiger charge is 2.33. The molecule has 5 rings (SSSR count).